The van der Waals surface area contributed by atoms with Crippen LogP contribution in [0.15, 0.2) is 0 Å². The Morgan fingerprint density at radius 2 is 1.47 bits per heavy atom. The Hall–Kier alpha value is -0.570. The van der Waals surface area contributed by atoms with Crippen molar-refractivity contribution in [3.8, 4) is 0 Å². The maximum absolute atomic E-state index is 10.7. The molecule has 0 aliphatic rings. The summed E-state index contributed by atoms with van der Waals surface area (Å²) in [6.45, 7) is 10.4. The third-order valence-electron chi connectivity index (χ3n) is 2.37. The fraction of sp³-hybridized carbons (Fsp3) is 0.917. The minimum Gasteiger partial charge on any atom is -0.480 e. The van der Waals surface area contributed by atoms with Gasteiger partial charge in [-0.15, -0.1) is 0 Å². The van der Waals surface area contributed by atoms with Crippen molar-refractivity contribution in [3.63, 3.8) is 0 Å². The quantitative estimate of drug-likeness (QED) is 0.686. The van der Waals surface area contributed by atoms with Crippen molar-refractivity contribution in [3.05, 3.63) is 0 Å². The summed E-state index contributed by atoms with van der Waals surface area (Å²) >= 11 is 0. The highest BCUT2D eigenvalue weighted by Gasteiger charge is 2.18. The number of carbonyl (C=O) groups is 1. The van der Waals surface area contributed by atoms with Crippen molar-refractivity contribution in [2.75, 3.05) is 0 Å². The largest absolute Gasteiger partial charge is 0.480 e. The van der Waals surface area contributed by atoms with Gasteiger partial charge in [-0.3, -0.25) is 4.79 Å². The first-order valence-corrected chi connectivity index (χ1v) is 5.81. The van der Waals surface area contributed by atoms with Crippen LogP contribution in [0.3, 0.4) is 0 Å². The van der Waals surface area contributed by atoms with E-state index in [1.165, 1.54) is 0 Å². The van der Waals surface area contributed by atoms with Gasteiger partial charge in [0.25, 0.3) is 0 Å². The van der Waals surface area contributed by atoms with E-state index in [1.807, 2.05) is 0 Å². The first-order valence-electron chi connectivity index (χ1n) is 5.81. The molecule has 0 rings (SSSR count). The van der Waals surface area contributed by atoms with Crippen LogP contribution in [0.2, 0.25) is 0 Å². The van der Waals surface area contributed by atoms with Crippen molar-refractivity contribution >= 4 is 5.97 Å². The van der Waals surface area contributed by atoms with Crippen molar-refractivity contribution in [2.24, 2.45) is 11.8 Å². The number of carboxylic acids is 1. The normalized spacial score (nSPS) is 13.9. The number of hydrogen-bond acceptors (Lipinski definition) is 2. The zero-order chi connectivity index (χ0) is 12.0. The number of hydrogen-bond donors (Lipinski definition) is 2. The second kappa shape index (κ2) is 6.83. The second-order valence-corrected chi connectivity index (χ2v) is 5.18. The molecular weight excluding hydrogens is 190 g/mol. The Bertz CT molecular complexity index is 180. The van der Waals surface area contributed by atoms with Crippen molar-refractivity contribution in [1.29, 1.82) is 0 Å². The molecule has 0 aromatic rings. The SMILES string of the molecule is CC(C)CC(CC(C)C)NC(C)C(=O)O. The Labute approximate surface area is 93.3 Å². The minimum atomic E-state index is -0.771. The van der Waals surface area contributed by atoms with Gasteiger partial charge in [0.15, 0.2) is 0 Å². The fourth-order valence-electron chi connectivity index (χ4n) is 1.80. The van der Waals surface area contributed by atoms with Crippen LogP contribution in [0.4, 0.5) is 0 Å². The molecule has 0 aromatic heterocycles. The van der Waals surface area contributed by atoms with Gasteiger partial charge in [0.05, 0.1) is 0 Å². The first-order chi connectivity index (χ1) is 6.82. The maximum atomic E-state index is 10.7. The highest BCUT2D eigenvalue weighted by atomic mass is 16.4. The molecule has 0 aromatic carbocycles. The molecule has 2 N–H and O–H groups in total. The van der Waals surface area contributed by atoms with Gasteiger partial charge in [-0.2, -0.15) is 0 Å². The summed E-state index contributed by atoms with van der Waals surface area (Å²) in [6.07, 6.45) is 2.08. The van der Waals surface area contributed by atoms with Gasteiger partial charge >= 0.3 is 5.97 Å². The summed E-state index contributed by atoms with van der Waals surface area (Å²) in [6, 6.07) is -0.136. The van der Waals surface area contributed by atoms with Gasteiger partial charge < -0.3 is 10.4 Å². The summed E-state index contributed by atoms with van der Waals surface area (Å²) in [7, 11) is 0. The van der Waals surface area contributed by atoms with E-state index in [0.29, 0.717) is 17.9 Å². The smallest absolute Gasteiger partial charge is 0.320 e. The van der Waals surface area contributed by atoms with Crippen LogP contribution in [-0.2, 0) is 4.79 Å². The van der Waals surface area contributed by atoms with Gasteiger partial charge in [0.2, 0.25) is 0 Å². The summed E-state index contributed by atoms with van der Waals surface area (Å²) in [5.74, 6) is 0.428. The molecule has 3 nitrogen and oxygen atoms in total. The highest BCUT2D eigenvalue weighted by molar-refractivity contribution is 5.72. The van der Waals surface area contributed by atoms with Crippen molar-refractivity contribution < 1.29 is 9.90 Å². The fourth-order valence-corrected chi connectivity index (χ4v) is 1.80. The molecule has 0 aliphatic carbocycles. The van der Waals surface area contributed by atoms with Crippen LogP contribution < -0.4 is 5.32 Å². The molecule has 90 valence electrons. The predicted octanol–water partition coefficient (Wildman–Crippen LogP) is 2.51. The topological polar surface area (TPSA) is 49.3 Å². The molecule has 0 saturated heterocycles. The van der Waals surface area contributed by atoms with E-state index in [9.17, 15) is 4.79 Å². The van der Waals surface area contributed by atoms with E-state index >= 15 is 0 Å². The molecule has 0 radical (unpaired) electrons. The molecule has 0 saturated carbocycles. The molecular formula is C12H25NO2. The Morgan fingerprint density at radius 1 is 1.07 bits per heavy atom. The second-order valence-electron chi connectivity index (χ2n) is 5.18. The summed E-state index contributed by atoms with van der Waals surface area (Å²) in [5, 5.41) is 12.0. The van der Waals surface area contributed by atoms with Crippen molar-refractivity contribution in [1.82, 2.24) is 5.32 Å². The molecule has 0 bridgehead atoms. The van der Waals surface area contributed by atoms with E-state index in [0.717, 1.165) is 12.8 Å². The van der Waals surface area contributed by atoms with Crippen molar-refractivity contribution in [2.45, 2.75) is 59.5 Å². The van der Waals surface area contributed by atoms with E-state index in [-0.39, 0.29) is 0 Å². The van der Waals surface area contributed by atoms with E-state index in [1.54, 1.807) is 6.92 Å². The summed E-state index contributed by atoms with van der Waals surface area (Å²) in [4.78, 5) is 10.7. The monoisotopic (exact) mass is 215 g/mol. The molecule has 0 aliphatic heterocycles. The van der Waals surface area contributed by atoms with Crippen LogP contribution in [-0.4, -0.2) is 23.2 Å². The van der Waals surface area contributed by atoms with Crippen LogP contribution in [0.5, 0.6) is 0 Å². The lowest BCUT2D eigenvalue weighted by Crippen LogP contribution is -2.42. The van der Waals surface area contributed by atoms with E-state index in [4.69, 9.17) is 5.11 Å². The molecule has 1 unspecified atom stereocenters. The molecule has 0 spiro atoms. The third kappa shape index (κ3) is 7.37. The zero-order valence-corrected chi connectivity index (χ0v) is 10.6. The summed E-state index contributed by atoms with van der Waals surface area (Å²) in [5.41, 5.74) is 0. The number of aliphatic carboxylic acids is 1. The first kappa shape index (κ1) is 14.4. The van der Waals surface area contributed by atoms with Gasteiger partial charge in [-0.05, 0) is 31.6 Å². The van der Waals surface area contributed by atoms with E-state index < -0.39 is 12.0 Å². The predicted molar refractivity (Wildman–Crippen MR) is 62.9 cm³/mol. The zero-order valence-electron chi connectivity index (χ0n) is 10.6. The van der Waals surface area contributed by atoms with Gasteiger partial charge in [-0.1, -0.05) is 27.7 Å². The van der Waals surface area contributed by atoms with Crippen LogP contribution >= 0.6 is 0 Å². The molecule has 0 amide bonds. The van der Waals surface area contributed by atoms with Gasteiger partial charge in [0.1, 0.15) is 6.04 Å². The van der Waals surface area contributed by atoms with Gasteiger partial charge in [0, 0.05) is 6.04 Å². The van der Waals surface area contributed by atoms with Gasteiger partial charge in [-0.25, -0.2) is 0 Å². The van der Waals surface area contributed by atoms with E-state index in [2.05, 4.69) is 33.0 Å². The lowest BCUT2D eigenvalue weighted by atomic mass is 9.95. The molecule has 15 heavy (non-hydrogen) atoms. The molecule has 0 fully saturated rings. The third-order valence-corrected chi connectivity index (χ3v) is 2.37. The molecule has 3 heteroatoms. The standard InChI is InChI=1S/C12H25NO2/c1-8(2)6-11(7-9(3)4)13-10(5)12(14)15/h8-11,13H,6-7H2,1-5H3,(H,14,15). The van der Waals surface area contributed by atoms with Crippen LogP contribution in [0.1, 0.15) is 47.5 Å². The lowest BCUT2D eigenvalue weighted by molar-refractivity contribution is -0.139. The Morgan fingerprint density at radius 3 is 1.73 bits per heavy atom. The Kier molecular flexibility index (Phi) is 6.57. The summed E-state index contributed by atoms with van der Waals surface area (Å²) < 4.78 is 0. The highest BCUT2D eigenvalue weighted by Crippen LogP contribution is 2.13. The maximum Gasteiger partial charge on any atom is 0.320 e. The number of carboxylic acid groups (broad SMARTS) is 1. The minimum absolute atomic E-state index is 0.316. The van der Waals surface area contributed by atoms with Crippen LogP contribution in [0, 0.1) is 11.8 Å². The number of rotatable bonds is 7. The lowest BCUT2D eigenvalue weighted by Gasteiger charge is -2.24. The average molecular weight is 215 g/mol. The Balaban J connectivity index is 4.17. The average Bonchev–Trinajstić information content (AvgIpc) is 2.00. The van der Waals surface area contributed by atoms with Crippen LogP contribution in [0.25, 0.3) is 0 Å². The molecule has 1 atom stereocenters. The number of nitrogens with one attached hydrogen (secondary N) is 1. The molecule has 0 heterocycles.